The molecule has 0 aliphatic carbocycles. The van der Waals surface area contributed by atoms with E-state index in [-0.39, 0.29) is 0 Å². The first-order chi connectivity index (χ1) is 17.6. The fourth-order valence-electron chi connectivity index (χ4n) is 4.14. The summed E-state index contributed by atoms with van der Waals surface area (Å²) in [5.41, 5.74) is 9.17. The first-order valence-corrected chi connectivity index (χ1v) is 19.8. The van der Waals surface area contributed by atoms with Crippen LogP contribution in [0.5, 0.6) is 0 Å². The Hall–Kier alpha value is -3.48. The summed E-state index contributed by atoms with van der Waals surface area (Å²) in [6.45, 7) is 13.7. The zero-order valence-corrected chi connectivity index (χ0v) is 24.9. The largest absolute Gasteiger partial charge is 0.687 e. The van der Waals surface area contributed by atoms with E-state index in [9.17, 15) is 0 Å². The van der Waals surface area contributed by atoms with Crippen molar-refractivity contribution in [2.45, 2.75) is 39.3 Å². The Morgan fingerprint density at radius 3 is 1.35 bits per heavy atom. The van der Waals surface area contributed by atoms with E-state index in [1.807, 2.05) is 0 Å². The second kappa shape index (κ2) is 11.3. The standard InChI is InChI=1S/C33H37N2Si2/c1-36(2,3)34-32(30-21-17-28(18-22-30)26-13-9-7-10-14-26)25-33(35-37(4,5)6)31-23-19-29(20-24-31)27-15-11-8-12-16-27/h7-25H,1-6H3/q-1/b32-25+,35-33-. The first-order valence-electron chi connectivity index (χ1n) is 12.9. The first kappa shape index (κ1) is 26.6. The minimum Gasteiger partial charge on any atom is -0.687 e. The summed E-state index contributed by atoms with van der Waals surface area (Å²) < 4.78 is 5.28. The van der Waals surface area contributed by atoms with Gasteiger partial charge in [-0.2, -0.15) is 0 Å². The van der Waals surface area contributed by atoms with Crippen LogP contribution in [0.2, 0.25) is 39.3 Å². The highest BCUT2D eigenvalue weighted by Gasteiger charge is 2.14. The van der Waals surface area contributed by atoms with Crippen LogP contribution < -0.4 is 0 Å². The van der Waals surface area contributed by atoms with Gasteiger partial charge in [0.1, 0.15) is 0 Å². The molecule has 4 aromatic rings. The quantitative estimate of drug-likeness (QED) is 0.164. The molecule has 0 bridgehead atoms. The van der Waals surface area contributed by atoms with Crippen molar-refractivity contribution in [2.75, 3.05) is 0 Å². The molecule has 188 valence electrons. The molecular weight excluding hydrogens is 481 g/mol. The Bertz CT molecular complexity index is 1360. The van der Waals surface area contributed by atoms with Crippen LogP contribution in [-0.4, -0.2) is 22.2 Å². The Kier molecular flexibility index (Phi) is 8.11. The van der Waals surface area contributed by atoms with Crippen LogP contribution >= 0.6 is 0 Å². The van der Waals surface area contributed by atoms with Gasteiger partial charge < -0.3 is 9.64 Å². The fraction of sp³-hybridized carbons (Fsp3) is 0.182. The SMILES string of the molecule is C[Si](C)(C)/N=C(/C=C(/[N-][Si](C)(C)C)c1ccc(-c2ccccc2)cc1)c1ccc(-c2ccccc2)cc1. The van der Waals surface area contributed by atoms with Gasteiger partial charge in [-0.15, -0.1) is 5.70 Å². The molecule has 0 unspecified atom stereocenters. The molecule has 0 amide bonds. The molecule has 4 heteroatoms. The van der Waals surface area contributed by atoms with E-state index in [1.54, 1.807) is 0 Å². The summed E-state index contributed by atoms with van der Waals surface area (Å²) in [7, 11) is -3.49. The molecule has 0 N–H and O–H groups in total. The molecule has 4 rings (SSSR count). The molecule has 2 nitrogen and oxygen atoms in total. The summed E-state index contributed by atoms with van der Waals surface area (Å²) in [6.07, 6.45) is 2.21. The lowest BCUT2D eigenvalue weighted by Crippen LogP contribution is -2.21. The number of rotatable bonds is 8. The predicted molar refractivity (Wildman–Crippen MR) is 168 cm³/mol. The van der Waals surface area contributed by atoms with Crippen molar-refractivity contribution in [3.63, 3.8) is 0 Å². The van der Waals surface area contributed by atoms with Crippen molar-refractivity contribution in [3.05, 3.63) is 131 Å². The second-order valence-corrected chi connectivity index (χ2v) is 20.5. The number of nitrogens with zero attached hydrogens (tertiary/aromatic N) is 2. The number of hydrogen-bond acceptors (Lipinski definition) is 1. The van der Waals surface area contributed by atoms with E-state index < -0.39 is 16.5 Å². The smallest absolute Gasteiger partial charge is 0.173 e. The van der Waals surface area contributed by atoms with Gasteiger partial charge in [-0.1, -0.05) is 135 Å². The zero-order valence-electron chi connectivity index (χ0n) is 22.9. The van der Waals surface area contributed by atoms with E-state index in [4.69, 9.17) is 9.64 Å². The van der Waals surface area contributed by atoms with Crippen LogP contribution in [0.3, 0.4) is 0 Å². The molecule has 0 aromatic heterocycles. The summed E-state index contributed by atoms with van der Waals surface area (Å²) in [5, 5.41) is 0. The maximum atomic E-state index is 5.28. The van der Waals surface area contributed by atoms with Crippen LogP contribution in [0, 0.1) is 0 Å². The van der Waals surface area contributed by atoms with Gasteiger partial charge in [0, 0.05) is 0 Å². The van der Waals surface area contributed by atoms with Gasteiger partial charge in [0.25, 0.3) is 0 Å². The number of benzene rings is 4. The van der Waals surface area contributed by atoms with Crippen LogP contribution in [-0.2, 0) is 0 Å². The molecule has 0 atom stereocenters. The third kappa shape index (κ3) is 7.75. The normalized spacial score (nSPS) is 12.9. The minimum absolute atomic E-state index is 1.02. The highest BCUT2D eigenvalue weighted by molar-refractivity contribution is 6.82. The van der Waals surface area contributed by atoms with Crippen molar-refractivity contribution in [2.24, 2.45) is 4.66 Å². The van der Waals surface area contributed by atoms with Crippen molar-refractivity contribution < 1.29 is 0 Å². The third-order valence-electron chi connectivity index (χ3n) is 5.76. The molecule has 0 spiro atoms. The van der Waals surface area contributed by atoms with Gasteiger partial charge in [-0.05, 0) is 61.3 Å². The Labute approximate surface area is 225 Å². The van der Waals surface area contributed by atoms with E-state index in [0.717, 1.165) is 22.5 Å². The molecule has 4 aromatic carbocycles. The molecular formula is C33H37N2Si2-. The zero-order chi connectivity index (χ0) is 26.5. The van der Waals surface area contributed by atoms with E-state index in [2.05, 4.69) is 155 Å². The highest BCUT2D eigenvalue weighted by atomic mass is 28.3. The van der Waals surface area contributed by atoms with Crippen LogP contribution in [0.15, 0.2) is 120 Å². The van der Waals surface area contributed by atoms with Gasteiger partial charge in [-0.3, -0.25) is 0 Å². The highest BCUT2D eigenvalue weighted by Crippen LogP contribution is 2.30. The average molecular weight is 518 g/mol. The lowest BCUT2D eigenvalue weighted by atomic mass is 10.00. The molecule has 0 fully saturated rings. The Balaban J connectivity index is 1.75. The summed E-state index contributed by atoms with van der Waals surface area (Å²) in [5.74, 6) is 0. The van der Waals surface area contributed by atoms with E-state index >= 15 is 0 Å². The average Bonchev–Trinajstić information content (AvgIpc) is 2.88. The monoisotopic (exact) mass is 517 g/mol. The van der Waals surface area contributed by atoms with Crippen molar-refractivity contribution in [1.82, 2.24) is 0 Å². The van der Waals surface area contributed by atoms with E-state index in [0.29, 0.717) is 0 Å². The summed E-state index contributed by atoms with van der Waals surface area (Å²) >= 11 is 0. The Morgan fingerprint density at radius 2 is 0.946 bits per heavy atom. The van der Waals surface area contributed by atoms with Crippen molar-refractivity contribution in [3.8, 4) is 22.3 Å². The Morgan fingerprint density at radius 1 is 0.541 bits per heavy atom. The predicted octanol–water partition coefficient (Wildman–Crippen LogP) is 9.89. The third-order valence-corrected chi connectivity index (χ3v) is 7.58. The lowest BCUT2D eigenvalue weighted by molar-refractivity contribution is 1.52. The van der Waals surface area contributed by atoms with Crippen LogP contribution in [0.1, 0.15) is 11.1 Å². The molecule has 0 aliphatic heterocycles. The van der Waals surface area contributed by atoms with Gasteiger partial charge in [-0.25, -0.2) is 0 Å². The molecule has 0 saturated carbocycles. The lowest BCUT2D eigenvalue weighted by Gasteiger charge is -2.39. The molecule has 37 heavy (non-hydrogen) atoms. The topological polar surface area (TPSA) is 26.5 Å². The van der Waals surface area contributed by atoms with Gasteiger partial charge in [0.2, 0.25) is 0 Å². The van der Waals surface area contributed by atoms with Crippen molar-refractivity contribution in [1.29, 1.82) is 0 Å². The number of allylic oxidation sites excluding steroid dienone is 1. The fourth-order valence-corrected chi connectivity index (χ4v) is 5.97. The van der Waals surface area contributed by atoms with E-state index in [1.165, 1.54) is 22.3 Å². The molecule has 0 aliphatic rings. The molecule has 0 heterocycles. The maximum Gasteiger partial charge on any atom is 0.173 e. The minimum atomic E-state index is -1.75. The van der Waals surface area contributed by atoms with Gasteiger partial charge in [0.15, 0.2) is 8.24 Å². The van der Waals surface area contributed by atoms with Gasteiger partial charge >= 0.3 is 0 Å². The summed E-state index contributed by atoms with van der Waals surface area (Å²) in [4.78, 5) is 5.28. The number of hydrogen-bond donors (Lipinski definition) is 0. The maximum absolute atomic E-state index is 5.28. The van der Waals surface area contributed by atoms with Crippen LogP contribution in [0.4, 0.5) is 0 Å². The summed E-state index contributed by atoms with van der Waals surface area (Å²) in [6, 6.07) is 38.6. The molecule has 0 radical (unpaired) electrons. The van der Waals surface area contributed by atoms with Gasteiger partial charge in [0.05, 0.1) is 5.71 Å². The van der Waals surface area contributed by atoms with Crippen LogP contribution in [0.25, 0.3) is 32.9 Å². The molecule has 0 saturated heterocycles. The van der Waals surface area contributed by atoms with Crippen molar-refractivity contribution >= 4 is 27.9 Å². The second-order valence-electron chi connectivity index (χ2n) is 11.4.